The van der Waals surface area contributed by atoms with Gasteiger partial charge >= 0.3 is 0 Å². The number of aryl methyl sites for hydroxylation is 1. The highest BCUT2D eigenvalue weighted by molar-refractivity contribution is 6.30. The standard InChI is InChI=1S/C26H22ClFN4O3/c1-14-8-16(4-6-29-14)23-9-15(5-7-35-23)21-11-32-25(31-22-13-34-12-19(22)26(32)33)24(30-21)18-3-2-17(27)10-20(18)28/h2-4,6,8,10-11,15,23H,5,7,9,12-13H2,1H3. The highest BCUT2D eigenvalue weighted by Gasteiger charge is 2.29. The van der Waals surface area contributed by atoms with Crippen LogP contribution < -0.4 is 5.56 Å². The van der Waals surface area contributed by atoms with Gasteiger partial charge in [-0.25, -0.2) is 14.4 Å². The number of pyridine rings is 1. The summed E-state index contributed by atoms with van der Waals surface area (Å²) < 4.78 is 28.1. The van der Waals surface area contributed by atoms with E-state index in [1.807, 2.05) is 19.1 Å². The summed E-state index contributed by atoms with van der Waals surface area (Å²) >= 11 is 6.00. The van der Waals surface area contributed by atoms with Crippen LogP contribution in [-0.4, -0.2) is 26.0 Å². The average Bonchev–Trinajstić information content (AvgIpc) is 3.33. The summed E-state index contributed by atoms with van der Waals surface area (Å²) in [4.78, 5) is 27.2. The molecule has 0 amide bonds. The van der Waals surface area contributed by atoms with Crippen molar-refractivity contribution in [1.29, 1.82) is 0 Å². The molecule has 6 rings (SSSR count). The Balaban J connectivity index is 1.51. The lowest BCUT2D eigenvalue weighted by Gasteiger charge is -2.30. The number of hydrogen-bond acceptors (Lipinski definition) is 6. The lowest BCUT2D eigenvalue weighted by atomic mass is 9.89. The van der Waals surface area contributed by atoms with E-state index >= 15 is 4.39 Å². The van der Waals surface area contributed by atoms with E-state index in [0.29, 0.717) is 41.3 Å². The predicted octanol–water partition coefficient (Wildman–Crippen LogP) is 4.92. The maximum absolute atomic E-state index is 15.0. The summed E-state index contributed by atoms with van der Waals surface area (Å²) in [6, 6.07) is 8.40. The van der Waals surface area contributed by atoms with E-state index in [4.69, 9.17) is 26.1 Å². The van der Waals surface area contributed by atoms with Gasteiger partial charge < -0.3 is 9.47 Å². The second kappa shape index (κ2) is 8.78. The van der Waals surface area contributed by atoms with Crippen LogP contribution in [0, 0.1) is 12.7 Å². The zero-order valence-corrected chi connectivity index (χ0v) is 19.8. The van der Waals surface area contributed by atoms with Crippen molar-refractivity contribution in [2.24, 2.45) is 0 Å². The fourth-order valence-corrected chi connectivity index (χ4v) is 5.04. The molecule has 2 aliphatic rings. The second-order valence-corrected chi connectivity index (χ2v) is 9.41. The van der Waals surface area contributed by atoms with E-state index in [1.165, 1.54) is 10.5 Å². The molecule has 3 aromatic heterocycles. The van der Waals surface area contributed by atoms with E-state index in [2.05, 4.69) is 9.97 Å². The van der Waals surface area contributed by atoms with Gasteiger partial charge in [-0.05, 0) is 55.7 Å². The Bertz CT molecular complexity index is 1520. The molecule has 35 heavy (non-hydrogen) atoms. The molecule has 0 radical (unpaired) electrons. The molecule has 0 bridgehead atoms. The first-order valence-corrected chi connectivity index (χ1v) is 11.9. The van der Waals surface area contributed by atoms with Gasteiger partial charge in [0.1, 0.15) is 11.5 Å². The Morgan fingerprint density at radius 1 is 1.17 bits per heavy atom. The molecule has 7 nitrogen and oxygen atoms in total. The molecule has 2 aliphatic heterocycles. The number of rotatable bonds is 3. The molecular weight excluding hydrogens is 471 g/mol. The third kappa shape index (κ3) is 4.01. The van der Waals surface area contributed by atoms with Crippen LogP contribution in [0.5, 0.6) is 0 Å². The summed E-state index contributed by atoms with van der Waals surface area (Å²) in [5.41, 5.74) is 4.42. The minimum atomic E-state index is -0.521. The zero-order valence-electron chi connectivity index (χ0n) is 19.0. The lowest BCUT2D eigenvalue weighted by Crippen LogP contribution is -2.24. The Morgan fingerprint density at radius 2 is 2.06 bits per heavy atom. The van der Waals surface area contributed by atoms with Crippen LogP contribution in [0.3, 0.4) is 0 Å². The Labute approximate surface area is 205 Å². The van der Waals surface area contributed by atoms with Crippen molar-refractivity contribution < 1.29 is 13.9 Å². The fourth-order valence-electron chi connectivity index (χ4n) is 4.88. The van der Waals surface area contributed by atoms with Crippen molar-refractivity contribution in [3.05, 3.63) is 92.1 Å². The predicted molar refractivity (Wildman–Crippen MR) is 128 cm³/mol. The first-order valence-electron chi connectivity index (χ1n) is 11.5. The van der Waals surface area contributed by atoms with Crippen molar-refractivity contribution >= 4 is 17.2 Å². The maximum Gasteiger partial charge on any atom is 0.263 e. The van der Waals surface area contributed by atoms with Crippen LogP contribution in [0.2, 0.25) is 5.02 Å². The topological polar surface area (TPSA) is 78.6 Å². The number of benzene rings is 1. The molecular formula is C26H22ClFN4O3. The summed E-state index contributed by atoms with van der Waals surface area (Å²) in [6.45, 7) is 2.96. The molecule has 2 unspecified atom stereocenters. The van der Waals surface area contributed by atoms with Crippen molar-refractivity contribution in [2.75, 3.05) is 6.61 Å². The van der Waals surface area contributed by atoms with Crippen LogP contribution >= 0.6 is 11.6 Å². The largest absolute Gasteiger partial charge is 0.373 e. The van der Waals surface area contributed by atoms with Gasteiger partial charge in [-0.1, -0.05) is 11.6 Å². The Kier molecular flexibility index (Phi) is 5.59. The summed E-state index contributed by atoms with van der Waals surface area (Å²) in [5, 5.41) is 0.283. The molecule has 0 aliphatic carbocycles. The van der Waals surface area contributed by atoms with Gasteiger partial charge in [0.15, 0.2) is 5.65 Å². The highest BCUT2D eigenvalue weighted by atomic mass is 35.5. The summed E-state index contributed by atoms with van der Waals surface area (Å²) in [7, 11) is 0. The lowest BCUT2D eigenvalue weighted by molar-refractivity contribution is 0.00451. The highest BCUT2D eigenvalue weighted by Crippen LogP contribution is 2.38. The second-order valence-electron chi connectivity index (χ2n) is 8.98. The molecule has 0 N–H and O–H groups in total. The van der Waals surface area contributed by atoms with E-state index in [0.717, 1.165) is 17.7 Å². The molecule has 4 aromatic rings. The third-order valence-electron chi connectivity index (χ3n) is 6.67. The van der Waals surface area contributed by atoms with Crippen molar-refractivity contribution in [3.63, 3.8) is 0 Å². The minimum absolute atomic E-state index is 0.0112. The van der Waals surface area contributed by atoms with E-state index in [9.17, 15) is 4.79 Å². The van der Waals surface area contributed by atoms with E-state index < -0.39 is 5.82 Å². The monoisotopic (exact) mass is 492 g/mol. The van der Waals surface area contributed by atoms with Gasteiger partial charge in [-0.2, -0.15) is 0 Å². The van der Waals surface area contributed by atoms with Gasteiger partial charge in [0, 0.05) is 41.2 Å². The minimum Gasteiger partial charge on any atom is -0.373 e. The number of nitrogens with zero attached hydrogens (tertiary/aromatic N) is 4. The number of halogens is 2. The first-order chi connectivity index (χ1) is 17.0. The Morgan fingerprint density at radius 3 is 2.89 bits per heavy atom. The van der Waals surface area contributed by atoms with Gasteiger partial charge in [0.2, 0.25) is 0 Å². The molecule has 1 aromatic carbocycles. The van der Waals surface area contributed by atoms with Crippen LogP contribution in [0.1, 0.15) is 53.1 Å². The molecule has 2 atom stereocenters. The molecule has 9 heteroatoms. The van der Waals surface area contributed by atoms with E-state index in [-0.39, 0.29) is 41.4 Å². The van der Waals surface area contributed by atoms with Crippen molar-refractivity contribution in [1.82, 2.24) is 19.4 Å². The van der Waals surface area contributed by atoms with E-state index in [1.54, 1.807) is 24.5 Å². The fraction of sp³-hybridized carbons (Fsp3) is 0.308. The van der Waals surface area contributed by atoms with Crippen LogP contribution in [0.15, 0.2) is 47.5 Å². The van der Waals surface area contributed by atoms with Crippen molar-refractivity contribution in [2.45, 2.75) is 45.0 Å². The quantitative estimate of drug-likeness (QED) is 0.404. The molecule has 1 fully saturated rings. The number of fused-ring (bicyclic) bond motifs is 2. The first kappa shape index (κ1) is 22.3. The van der Waals surface area contributed by atoms with Crippen LogP contribution in [0.4, 0.5) is 4.39 Å². The van der Waals surface area contributed by atoms with Crippen LogP contribution in [0.25, 0.3) is 16.9 Å². The third-order valence-corrected chi connectivity index (χ3v) is 6.91. The zero-order chi connectivity index (χ0) is 24.1. The number of hydrogen-bond donors (Lipinski definition) is 0. The SMILES string of the molecule is Cc1cc(C2CC(c3cn4c(=O)c5c(nc4c(-c4ccc(Cl)cc4F)n3)COC5)CCO2)ccn1. The normalized spacial score (nSPS) is 19.7. The van der Waals surface area contributed by atoms with Crippen LogP contribution in [-0.2, 0) is 22.7 Å². The van der Waals surface area contributed by atoms with Crippen molar-refractivity contribution in [3.8, 4) is 11.3 Å². The maximum atomic E-state index is 15.0. The smallest absolute Gasteiger partial charge is 0.263 e. The molecule has 1 saturated heterocycles. The number of ether oxygens (including phenoxy) is 2. The molecule has 178 valence electrons. The number of aromatic nitrogens is 4. The van der Waals surface area contributed by atoms with Gasteiger partial charge in [-0.3, -0.25) is 14.2 Å². The summed E-state index contributed by atoms with van der Waals surface area (Å²) in [5.74, 6) is -0.510. The molecule has 0 saturated carbocycles. The molecule has 0 spiro atoms. The van der Waals surface area contributed by atoms with Gasteiger partial charge in [-0.15, -0.1) is 0 Å². The molecule has 5 heterocycles. The average molecular weight is 493 g/mol. The Hall–Kier alpha value is -3.20. The van der Waals surface area contributed by atoms with Gasteiger partial charge in [0.25, 0.3) is 5.56 Å². The summed E-state index contributed by atoms with van der Waals surface area (Å²) in [6.07, 6.45) is 4.82. The van der Waals surface area contributed by atoms with Gasteiger partial charge in [0.05, 0.1) is 36.3 Å².